The molecule has 1 heterocycles. The lowest BCUT2D eigenvalue weighted by Gasteiger charge is -2.26. The second kappa shape index (κ2) is 9.35. The number of rotatable bonds is 8. The standard InChI is InChI=1S/C11H22N2O4/c1-15-11(14)10-17-9-8-16-7-6-13-4-2-12-3-5-13/h12H,2-10H2,1H3. The number of nitrogens with one attached hydrogen (secondary N) is 1. The molecule has 1 fully saturated rings. The molecule has 0 saturated carbocycles. The molecule has 0 unspecified atom stereocenters. The van der Waals surface area contributed by atoms with Crippen molar-refractivity contribution in [2.75, 3.05) is 66.3 Å². The van der Waals surface area contributed by atoms with Gasteiger partial charge in [0.05, 0.1) is 26.9 Å². The summed E-state index contributed by atoms with van der Waals surface area (Å²) in [7, 11) is 1.34. The number of carbonyl (C=O) groups excluding carboxylic acids is 1. The molecule has 17 heavy (non-hydrogen) atoms. The van der Waals surface area contributed by atoms with Gasteiger partial charge in [0.15, 0.2) is 0 Å². The third-order valence-electron chi connectivity index (χ3n) is 2.58. The Bertz CT molecular complexity index is 208. The van der Waals surface area contributed by atoms with E-state index in [0.717, 1.165) is 32.7 Å². The molecule has 0 atom stereocenters. The molecule has 6 nitrogen and oxygen atoms in total. The lowest BCUT2D eigenvalue weighted by atomic mass is 10.4. The van der Waals surface area contributed by atoms with Crippen LogP contribution in [0, 0.1) is 0 Å². The van der Waals surface area contributed by atoms with Crippen molar-refractivity contribution < 1.29 is 19.0 Å². The van der Waals surface area contributed by atoms with Crippen LogP contribution in [0.3, 0.4) is 0 Å². The van der Waals surface area contributed by atoms with E-state index in [4.69, 9.17) is 9.47 Å². The number of ether oxygens (including phenoxy) is 3. The number of methoxy groups -OCH3 is 1. The molecule has 100 valence electrons. The molecule has 1 aliphatic heterocycles. The average molecular weight is 246 g/mol. The van der Waals surface area contributed by atoms with E-state index >= 15 is 0 Å². The van der Waals surface area contributed by atoms with Crippen molar-refractivity contribution in [2.24, 2.45) is 0 Å². The van der Waals surface area contributed by atoms with Crippen molar-refractivity contribution in [3.05, 3.63) is 0 Å². The van der Waals surface area contributed by atoms with Gasteiger partial charge >= 0.3 is 5.97 Å². The monoisotopic (exact) mass is 246 g/mol. The smallest absolute Gasteiger partial charge is 0.331 e. The van der Waals surface area contributed by atoms with Gasteiger partial charge in [-0.05, 0) is 0 Å². The predicted octanol–water partition coefficient (Wildman–Crippen LogP) is -0.902. The van der Waals surface area contributed by atoms with Crippen LogP contribution in [0.2, 0.25) is 0 Å². The molecule has 0 aromatic carbocycles. The third kappa shape index (κ3) is 7.27. The highest BCUT2D eigenvalue weighted by Crippen LogP contribution is 1.91. The first kappa shape index (κ1) is 14.4. The first-order chi connectivity index (χ1) is 8.33. The minimum Gasteiger partial charge on any atom is -0.467 e. The summed E-state index contributed by atoms with van der Waals surface area (Å²) >= 11 is 0. The normalized spacial score (nSPS) is 17.0. The molecular weight excluding hydrogens is 224 g/mol. The van der Waals surface area contributed by atoms with Crippen molar-refractivity contribution in [1.29, 1.82) is 0 Å². The van der Waals surface area contributed by atoms with E-state index in [0.29, 0.717) is 19.8 Å². The fourth-order valence-corrected chi connectivity index (χ4v) is 1.56. The van der Waals surface area contributed by atoms with Crippen molar-refractivity contribution in [3.8, 4) is 0 Å². The van der Waals surface area contributed by atoms with Gasteiger partial charge in [-0.3, -0.25) is 4.90 Å². The van der Waals surface area contributed by atoms with Gasteiger partial charge < -0.3 is 19.5 Å². The summed E-state index contributed by atoms with van der Waals surface area (Å²) in [4.78, 5) is 13.1. The van der Waals surface area contributed by atoms with Gasteiger partial charge in [0.25, 0.3) is 0 Å². The van der Waals surface area contributed by atoms with Crippen LogP contribution in [0.1, 0.15) is 0 Å². The second-order valence-electron chi connectivity index (χ2n) is 3.83. The minimum atomic E-state index is -0.356. The summed E-state index contributed by atoms with van der Waals surface area (Å²) in [5.41, 5.74) is 0. The molecule has 0 spiro atoms. The van der Waals surface area contributed by atoms with Crippen LogP contribution in [0.4, 0.5) is 0 Å². The predicted molar refractivity (Wildman–Crippen MR) is 63.0 cm³/mol. The summed E-state index contributed by atoms with van der Waals surface area (Å²) in [5, 5.41) is 3.30. The number of piperazine rings is 1. The van der Waals surface area contributed by atoms with E-state index in [1.54, 1.807) is 0 Å². The zero-order valence-corrected chi connectivity index (χ0v) is 10.4. The van der Waals surface area contributed by atoms with Gasteiger partial charge in [-0.15, -0.1) is 0 Å². The number of esters is 1. The van der Waals surface area contributed by atoms with Gasteiger partial charge in [0.1, 0.15) is 6.61 Å². The Hall–Kier alpha value is -0.690. The molecular formula is C11H22N2O4. The Balaban J connectivity index is 1.82. The van der Waals surface area contributed by atoms with Gasteiger partial charge in [0, 0.05) is 32.7 Å². The Morgan fingerprint density at radius 3 is 2.59 bits per heavy atom. The fourth-order valence-electron chi connectivity index (χ4n) is 1.56. The molecule has 1 aliphatic rings. The number of hydrogen-bond donors (Lipinski definition) is 1. The molecule has 0 radical (unpaired) electrons. The zero-order chi connectivity index (χ0) is 12.3. The van der Waals surface area contributed by atoms with Gasteiger partial charge in [0.2, 0.25) is 0 Å². The largest absolute Gasteiger partial charge is 0.467 e. The van der Waals surface area contributed by atoms with E-state index in [-0.39, 0.29) is 12.6 Å². The van der Waals surface area contributed by atoms with Crippen LogP contribution in [-0.4, -0.2) is 77.1 Å². The molecule has 0 bridgehead atoms. The van der Waals surface area contributed by atoms with Crippen molar-refractivity contribution in [3.63, 3.8) is 0 Å². The first-order valence-corrected chi connectivity index (χ1v) is 5.98. The van der Waals surface area contributed by atoms with Crippen LogP contribution in [0.5, 0.6) is 0 Å². The van der Waals surface area contributed by atoms with Gasteiger partial charge in [-0.1, -0.05) is 0 Å². The van der Waals surface area contributed by atoms with E-state index in [9.17, 15) is 4.79 Å². The second-order valence-corrected chi connectivity index (χ2v) is 3.83. The van der Waals surface area contributed by atoms with Crippen LogP contribution in [-0.2, 0) is 19.0 Å². The van der Waals surface area contributed by atoms with Crippen molar-refractivity contribution in [1.82, 2.24) is 10.2 Å². The Kier molecular flexibility index (Phi) is 7.91. The van der Waals surface area contributed by atoms with Crippen LogP contribution >= 0.6 is 0 Å². The molecule has 0 amide bonds. The number of carbonyl (C=O) groups is 1. The van der Waals surface area contributed by atoms with Crippen LogP contribution in [0.25, 0.3) is 0 Å². The van der Waals surface area contributed by atoms with Crippen LogP contribution in [0.15, 0.2) is 0 Å². The van der Waals surface area contributed by atoms with Gasteiger partial charge in [-0.25, -0.2) is 4.79 Å². The Morgan fingerprint density at radius 1 is 1.18 bits per heavy atom. The van der Waals surface area contributed by atoms with Gasteiger partial charge in [-0.2, -0.15) is 0 Å². The SMILES string of the molecule is COC(=O)COCCOCCN1CCNCC1. The zero-order valence-electron chi connectivity index (χ0n) is 10.4. The summed E-state index contributed by atoms with van der Waals surface area (Å²) in [6, 6.07) is 0. The van der Waals surface area contributed by atoms with E-state index in [1.807, 2.05) is 0 Å². The molecule has 6 heteroatoms. The summed E-state index contributed by atoms with van der Waals surface area (Å²) < 4.78 is 14.9. The highest BCUT2D eigenvalue weighted by atomic mass is 16.6. The quantitative estimate of drug-likeness (QED) is 0.442. The molecule has 1 rings (SSSR count). The molecule has 0 aliphatic carbocycles. The number of hydrogen-bond acceptors (Lipinski definition) is 6. The van der Waals surface area contributed by atoms with Crippen molar-refractivity contribution >= 4 is 5.97 Å². The maximum absolute atomic E-state index is 10.7. The van der Waals surface area contributed by atoms with Crippen molar-refractivity contribution in [2.45, 2.75) is 0 Å². The third-order valence-corrected chi connectivity index (χ3v) is 2.58. The molecule has 1 saturated heterocycles. The topological polar surface area (TPSA) is 60.0 Å². The highest BCUT2D eigenvalue weighted by molar-refractivity contribution is 5.70. The van der Waals surface area contributed by atoms with E-state index in [1.165, 1.54) is 7.11 Å². The first-order valence-electron chi connectivity index (χ1n) is 5.98. The molecule has 1 N–H and O–H groups in total. The highest BCUT2D eigenvalue weighted by Gasteiger charge is 2.08. The lowest BCUT2D eigenvalue weighted by Crippen LogP contribution is -2.44. The Labute approximate surface area is 102 Å². The molecule has 0 aromatic heterocycles. The number of nitrogens with zero attached hydrogens (tertiary/aromatic N) is 1. The maximum Gasteiger partial charge on any atom is 0.331 e. The summed E-state index contributed by atoms with van der Waals surface area (Å²) in [5.74, 6) is -0.356. The fraction of sp³-hybridized carbons (Fsp3) is 0.909. The lowest BCUT2D eigenvalue weighted by molar-refractivity contribution is -0.146. The minimum absolute atomic E-state index is 0.00233. The average Bonchev–Trinajstić information content (AvgIpc) is 2.38. The van der Waals surface area contributed by atoms with E-state index < -0.39 is 0 Å². The Morgan fingerprint density at radius 2 is 1.88 bits per heavy atom. The summed E-state index contributed by atoms with van der Waals surface area (Å²) in [6.07, 6.45) is 0. The maximum atomic E-state index is 10.7. The summed E-state index contributed by atoms with van der Waals surface area (Å²) in [6.45, 7) is 6.90. The van der Waals surface area contributed by atoms with E-state index in [2.05, 4.69) is 15.0 Å². The molecule has 0 aromatic rings. The van der Waals surface area contributed by atoms with Crippen LogP contribution < -0.4 is 5.32 Å².